The Kier molecular flexibility index (Phi) is 2.43. The lowest BCUT2D eigenvalue weighted by molar-refractivity contribution is 0.469. The van der Waals surface area contributed by atoms with Gasteiger partial charge in [-0.05, 0) is 25.1 Å². The molecular formula is C9H8F2O. The highest BCUT2D eigenvalue weighted by atomic mass is 19.1. The van der Waals surface area contributed by atoms with E-state index in [4.69, 9.17) is 5.11 Å². The average Bonchev–Trinajstić information content (AvgIpc) is 1.94. The van der Waals surface area contributed by atoms with Gasteiger partial charge in [0.15, 0.2) is 0 Å². The summed E-state index contributed by atoms with van der Waals surface area (Å²) in [5, 5.41) is 8.82. The summed E-state index contributed by atoms with van der Waals surface area (Å²) in [5.74, 6) is -1.27. The average molecular weight is 170 g/mol. The Morgan fingerprint density at radius 1 is 1.50 bits per heavy atom. The monoisotopic (exact) mass is 170 g/mol. The van der Waals surface area contributed by atoms with E-state index in [1.807, 2.05) is 0 Å². The Labute approximate surface area is 69.0 Å². The first kappa shape index (κ1) is 8.71. The molecule has 0 unspecified atom stereocenters. The van der Waals surface area contributed by atoms with Gasteiger partial charge in [0.05, 0.1) is 5.83 Å². The molecule has 0 aromatic heterocycles. The molecule has 0 radical (unpaired) electrons. The van der Waals surface area contributed by atoms with Crippen molar-refractivity contribution in [2.24, 2.45) is 0 Å². The molecular weight excluding hydrogens is 162 g/mol. The molecule has 1 N–H and O–H groups in total. The minimum absolute atomic E-state index is 0.132. The number of allylic oxidation sites excluding steroid dienone is 1. The highest BCUT2D eigenvalue weighted by Gasteiger charge is 2.00. The largest absolute Gasteiger partial charge is 0.508 e. The zero-order valence-electron chi connectivity index (χ0n) is 6.51. The second-order valence-electron chi connectivity index (χ2n) is 2.44. The number of benzene rings is 1. The molecule has 1 aromatic rings. The molecule has 0 spiro atoms. The van der Waals surface area contributed by atoms with Crippen LogP contribution < -0.4 is 0 Å². The molecule has 1 rings (SSSR count). The molecule has 3 heteroatoms. The topological polar surface area (TPSA) is 20.2 Å². The number of phenols is 1. The van der Waals surface area contributed by atoms with Gasteiger partial charge >= 0.3 is 0 Å². The van der Waals surface area contributed by atoms with E-state index in [0.29, 0.717) is 0 Å². The summed E-state index contributed by atoms with van der Waals surface area (Å²) < 4.78 is 25.1. The number of halogens is 2. The maximum atomic E-state index is 12.8. The van der Waals surface area contributed by atoms with E-state index in [2.05, 4.69) is 0 Å². The summed E-state index contributed by atoms with van der Waals surface area (Å²) in [6.07, 6.45) is 1.06. The fourth-order valence-corrected chi connectivity index (χ4v) is 0.847. The summed E-state index contributed by atoms with van der Waals surface area (Å²) in [6.45, 7) is 1.23. The maximum absolute atomic E-state index is 12.8. The molecule has 0 atom stereocenters. The van der Waals surface area contributed by atoms with E-state index in [9.17, 15) is 8.78 Å². The minimum atomic E-state index is -0.632. The first-order chi connectivity index (χ1) is 5.59. The third-order valence-electron chi connectivity index (χ3n) is 1.34. The lowest BCUT2D eigenvalue weighted by Gasteiger charge is -1.96. The highest BCUT2D eigenvalue weighted by molar-refractivity contribution is 5.52. The molecule has 1 nitrogen and oxygen atoms in total. The van der Waals surface area contributed by atoms with Gasteiger partial charge in [0.2, 0.25) is 0 Å². The van der Waals surface area contributed by atoms with Crippen LogP contribution in [0.5, 0.6) is 5.75 Å². The normalized spacial score (nSPS) is 11.8. The van der Waals surface area contributed by atoms with Crippen molar-refractivity contribution in [3.8, 4) is 5.75 Å². The van der Waals surface area contributed by atoms with Gasteiger partial charge in [-0.2, -0.15) is 0 Å². The summed E-state index contributed by atoms with van der Waals surface area (Å²) in [5.41, 5.74) is 0.132. The first-order valence-electron chi connectivity index (χ1n) is 3.42. The van der Waals surface area contributed by atoms with Crippen molar-refractivity contribution in [3.63, 3.8) is 0 Å². The molecule has 0 aliphatic carbocycles. The SMILES string of the molecule is CC(F)=Cc1ccc(O)cc1F. The fourth-order valence-electron chi connectivity index (χ4n) is 0.847. The molecule has 0 fully saturated rings. The molecule has 0 aliphatic heterocycles. The van der Waals surface area contributed by atoms with Gasteiger partial charge in [-0.15, -0.1) is 0 Å². The van der Waals surface area contributed by atoms with Crippen molar-refractivity contribution >= 4 is 6.08 Å². The Morgan fingerprint density at radius 3 is 2.67 bits per heavy atom. The molecule has 64 valence electrons. The quantitative estimate of drug-likeness (QED) is 0.687. The van der Waals surface area contributed by atoms with Gasteiger partial charge < -0.3 is 5.11 Å². The van der Waals surface area contributed by atoms with E-state index in [1.54, 1.807) is 0 Å². The van der Waals surface area contributed by atoms with E-state index in [0.717, 1.165) is 12.1 Å². The van der Waals surface area contributed by atoms with Gasteiger partial charge in [0.1, 0.15) is 11.6 Å². The lowest BCUT2D eigenvalue weighted by atomic mass is 10.2. The van der Waals surface area contributed by atoms with E-state index in [1.165, 1.54) is 19.1 Å². The first-order valence-corrected chi connectivity index (χ1v) is 3.42. The van der Waals surface area contributed by atoms with E-state index in [-0.39, 0.29) is 11.3 Å². The van der Waals surface area contributed by atoms with Gasteiger partial charge in [-0.1, -0.05) is 0 Å². The van der Waals surface area contributed by atoms with Crippen LogP contribution in [0.3, 0.4) is 0 Å². The van der Waals surface area contributed by atoms with Crippen LogP contribution in [0.25, 0.3) is 6.08 Å². The molecule has 0 heterocycles. The second kappa shape index (κ2) is 3.34. The van der Waals surface area contributed by atoms with Crippen LogP contribution in [0.15, 0.2) is 24.0 Å². The maximum Gasteiger partial charge on any atom is 0.134 e. The number of phenolic OH excluding ortho intramolecular Hbond substituents is 1. The molecule has 1 aromatic carbocycles. The van der Waals surface area contributed by atoms with Crippen molar-refractivity contribution in [1.29, 1.82) is 0 Å². The van der Waals surface area contributed by atoms with Gasteiger partial charge in [0, 0.05) is 11.6 Å². The highest BCUT2D eigenvalue weighted by Crippen LogP contribution is 2.17. The zero-order valence-corrected chi connectivity index (χ0v) is 6.51. The lowest BCUT2D eigenvalue weighted by Crippen LogP contribution is -1.80. The number of hydrogen-bond acceptors (Lipinski definition) is 1. The third kappa shape index (κ3) is 2.05. The third-order valence-corrected chi connectivity index (χ3v) is 1.34. The summed E-state index contributed by atoms with van der Waals surface area (Å²) in [7, 11) is 0. The van der Waals surface area contributed by atoms with Gasteiger partial charge in [-0.3, -0.25) is 0 Å². The van der Waals surface area contributed by atoms with Gasteiger partial charge in [0.25, 0.3) is 0 Å². The Bertz CT molecular complexity index is 314. The van der Waals surface area contributed by atoms with Gasteiger partial charge in [-0.25, -0.2) is 8.78 Å². The number of hydrogen-bond donors (Lipinski definition) is 1. The van der Waals surface area contributed by atoms with Crippen molar-refractivity contribution in [2.45, 2.75) is 6.92 Å². The molecule has 12 heavy (non-hydrogen) atoms. The van der Waals surface area contributed by atoms with Crippen molar-refractivity contribution in [3.05, 3.63) is 35.4 Å². The fraction of sp³-hybridized carbons (Fsp3) is 0.111. The second-order valence-corrected chi connectivity index (χ2v) is 2.44. The van der Waals surface area contributed by atoms with Crippen LogP contribution >= 0.6 is 0 Å². The Morgan fingerprint density at radius 2 is 2.17 bits per heavy atom. The molecule has 0 saturated carbocycles. The van der Waals surface area contributed by atoms with Crippen LogP contribution in [0, 0.1) is 5.82 Å². The predicted molar refractivity (Wildman–Crippen MR) is 42.8 cm³/mol. The van der Waals surface area contributed by atoms with Crippen LogP contribution in [0.4, 0.5) is 8.78 Å². The number of aromatic hydroxyl groups is 1. The van der Waals surface area contributed by atoms with E-state index < -0.39 is 11.6 Å². The zero-order chi connectivity index (χ0) is 9.14. The van der Waals surface area contributed by atoms with Crippen LogP contribution in [0.2, 0.25) is 0 Å². The van der Waals surface area contributed by atoms with Crippen molar-refractivity contribution < 1.29 is 13.9 Å². The Balaban J connectivity index is 3.10. The van der Waals surface area contributed by atoms with Crippen LogP contribution in [-0.4, -0.2) is 5.11 Å². The van der Waals surface area contributed by atoms with Crippen molar-refractivity contribution in [2.75, 3.05) is 0 Å². The van der Waals surface area contributed by atoms with Crippen LogP contribution in [-0.2, 0) is 0 Å². The summed E-state index contributed by atoms with van der Waals surface area (Å²) in [6, 6.07) is 3.56. The number of rotatable bonds is 1. The summed E-state index contributed by atoms with van der Waals surface area (Å²) in [4.78, 5) is 0. The standard InChI is InChI=1S/C9H8F2O/c1-6(10)4-7-2-3-8(12)5-9(7)11/h2-5,12H,1H3. The Hall–Kier alpha value is -1.38. The molecule has 0 aliphatic rings. The molecule has 0 amide bonds. The summed E-state index contributed by atoms with van der Waals surface area (Å²) >= 11 is 0. The van der Waals surface area contributed by atoms with Crippen molar-refractivity contribution in [1.82, 2.24) is 0 Å². The minimum Gasteiger partial charge on any atom is -0.508 e. The van der Waals surface area contributed by atoms with Crippen LogP contribution in [0.1, 0.15) is 12.5 Å². The predicted octanol–water partition coefficient (Wildman–Crippen LogP) is 2.86. The molecule has 0 bridgehead atoms. The van der Waals surface area contributed by atoms with E-state index >= 15 is 0 Å². The smallest absolute Gasteiger partial charge is 0.134 e. The molecule has 0 saturated heterocycles.